The zero-order chi connectivity index (χ0) is 18.8. The zero-order valence-corrected chi connectivity index (χ0v) is 16.4. The second-order valence-corrected chi connectivity index (χ2v) is 7.90. The van der Waals surface area contributed by atoms with Crippen molar-refractivity contribution in [2.24, 2.45) is 0 Å². The third kappa shape index (κ3) is 3.59. The number of quaternary nitrogens is 1. The molecule has 3 aromatic rings. The van der Waals surface area contributed by atoms with Crippen molar-refractivity contribution in [2.75, 3.05) is 18.9 Å². The van der Waals surface area contributed by atoms with Gasteiger partial charge in [0.1, 0.15) is 0 Å². The summed E-state index contributed by atoms with van der Waals surface area (Å²) in [4.78, 5) is 13.9. The molecule has 0 aliphatic heterocycles. The molecule has 2 N–H and O–H groups in total. The number of nitrogens with one attached hydrogen (secondary N) is 2. The number of likely N-dealkylation sites (N-methyl/N-ethyl adjacent to an activating group) is 1. The molecule has 0 saturated heterocycles. The highest BCUT2D eigenvalue weighted by molar-refractivity contribution is 6.09. The number of carbonyl (C=O) groups is 1. The molecule has 4 nitrogen and oxygen atoms in total. The smallest absolute Gasteiger partial charge is 0.279 e. The molecule has 0 spiro atoms. The molecule has 1 fully saturated rings. The van der Waals surface area contributed by atoms with Crippen molar-refractivity contribution in [2.45, 2.75) is 51.6 Å². The van der Waals surface area contributed by atoms with Crippen molar-refractivity contribution in [1.29, 1.82) is 0 Å². The maximum atomic E-state index is 12.6. The zero-order valence-electron chi connectivity index (χ0n) is 16.4. The largest absolute Gasteiger partial charge is 0.341 e. The van der Waals surface area contributed by atoms with Gasteiger partial charge in [-0.25, -0.2) is 0 Å². The molecule has 4 rings (SSSR count). The van der Waals surface area contributed by atoms with Crippen molar-refractivity contribution < 1.29 is 9.69 Å². The molecule has 0 radical (unpaired) electrons. The number of hydrogen-bond acceptors (Lipinski definition) is 1. The normalized spacial score (nSPS) is 16.7. The summed E-state index contributed by atoms with van der Waals surface area (Å²) in [7, 11) is 2.16. The van der Waals surface area contributed by atoms with Crippen LogP contribution >= 0.6 is 0 Å². The van der Waals surface area contributed by atoms with E-state index in [-0.39, 0.29) is 5.91 Å². The minimum Gasteiger partial charge on any atom is -0.341 e. The number of anilines is 1. The van der Waals surface area contributed by atoms with Crippen LogP contribution in [-0.4, -0.2) is 30.1 Å². The highest BCUT2D eigenvalue weighted by Gasteiger charge is 2.23. The van der Waals surface area contributed by atoms with Crippen molar-refractivity contribution >= 4 is 33.4 Å². The Morgan fingerprint density at radius 3 is 2.59 bits per heavy atom. The quantitative estimate of drug-likeness (QED) is 0.713. The minimum atomic E-state index is 0.108. The van der Waals surface area contributed by atoms with Crippen molar-refractivity contribution in [3.8, 4) is 0 Å². The van der Waals surface area contributed by atoms with Crippen LogP contribution in [0, 0.1) is 0 Å². The van der Waals surface area contributed by atoms with E-state index < -0.39 is 0 Å². The standard InChI is InChI=1S/C23H29N3O/c1-3-26-21-12-8-7-11-19(21)20-15-17(13-14-22(20)26)24-23(27)16-25(2)18-9-5-4-6-10-18/h7-8,11-15,18H,3-6,9-10,16H2,1-2H3,(H,24,27)/p+1. The first-order valence-corrected chi connectivity index (χ1v) is 10.3. The highest BCUT2D eigenvalue weighted by atomic mass is 16.2. The van der Waals surface area contributed by atoms with Crippen molar-refractivity contribution in [3.63, 3.8) is 0 Å². The molecule has 2 aromatic carbocycles. The van der Waals surface area contributed by atoms with Gasteiger partial charge in [0.25, 0.3) is 5.91 Å². The summed E-state index contributed by atoms with van der Waals surface area (Å²) >= 11 is 0. The van der Waals surface area contributed by atoms with Crippen LogP contribution in [0.1, 0.15) is 39.0 Å². The van der Waals surface area contributed by atoms with Crippen molar-refractivity contribution in [1.82, 2.24) is 4.57 Å². The Bertz CT molecular complexity index is 953. The third-order valence-electron chi connectivity index (χ3n) is 6.11. The molecular formula is C23H30N3O+. The van der Waals surface area contributed by atoms with Gasteiger partial charge < -0.3 is 14.8 Å². The van der Waals surface area contributed by atoms with Gasteiger partial charge in [-0.2, -0.15) is 0 Å². The van der Waals surface area contributed by atoms with Crippen LogP contribution in [0.3, 0.4) is 0 Å². The molecule has 1 atom stereocenters. The minimum absolute atomic E-state index is 0.108. The Kier molecular flexibility index (Phi) is 5.17. The number of benzene rings is 2. The second-order valence-electron chi connectivity index (χ2n) is 7.90. The summed E-state index contributed by atoms with van der Waals surface area (Å²) in [6.45, 7) is 3.65. The van der Waals surface area contributed by atoms with Crippen LogP contribution in [0.5, 0.6) is 0 Å². The van der Waals surface area contributed by atoms with Crippen LogP contribution in [0.25, 0.3) is 21.8 Å². The first kappa shape index (κ1) is 18.1. The fraction of sp³-hybridized carbons (Fsp3) is 0.435. The summed E-state index contributed by atoms with van der Waals surface area (Å²) in [5.41, 5.74) is 3.37. The summed E-state index contributed by atoms with van der Waals surface area (Å²) in [6, 6.07) is 15.4. The number of nitrogens with zero attached hydrogens (tertiary/aromatic N) is 1. The maximum absolute atomic E-state index is 12.6. The van der Waals surface area contributed by atoms with Crippen LogP contribution in [0.2, 0.25) is 0 Å². The Morgan fingerprint density at radius 2 is 1.81 bits per heavy atom. The van der Waals surface area contributed by atoms with Crippen LogP contribution in [-0.2, 0) is 11.3 Å². The van der Waals surface area contributed by atoms with Gasteiger partial charge in [0.2, 0.25) is 0 Å². The predicted octanol–water partition coefficient (Wildman–Crippen LogP) is 3.60. The van der Waals surface area contributed by atoms with Gasteiger partial charge in [-0.1, -0.05) is 24.6 Å². The Labute approximate surface area is 161 Å². The lowest BCUT2D eigenvalue weighted by molar-refractivity contribution is -0.899. The third-order valence-corrected chi connectivity index (χ3v) is 6.11. The van der Waals surface area contributed by atoms with Gasteiger partial charge >= 0.3 is 0 Å². The Balaban J connectivity index is 1.54. The summed E-state index contributed by atoms with van der Waals surface area (Å²) < 4.78 is 2.33. The first-order chi connectivity index (χ1) is 13.2. The van der Waals surface area contributed by atoms with E-state index in [0.717, 1.165) is 12.2 Å². The van der Waals surface area contributed by atoms with E-state index in [4.69, 9.17) is 0 Å². The van der Waals surface area contributed by atoms with Gasteiger partial charge in [-0.05, 0) is 56.9 Å². The average Bonchev–Trinajstić information content (AvgIpc) is 3.01. The lowest BCUT2D eigenvalue weighted by Crippen LogP contribution is -3.14. The van der Waals surface area contributed by atoms with Gasteiger partial charge in [-0.15, -0.1) is 0 Å². The number of hydrogen-bond donors (Lipinski definition) is 2. The van der Waals surface area contributed by atoms with Crippen molar-refractivity contribution in [3.05, 3.63) is 42.5 Å². The number of aryl methyl sites for hydroxylation is 1. The van der Waals surface area contributed by atoms with Gasteiger partial charge in [0, 0.05) is 34.0 Å². The molecule has 1 unspecified atom stereocenters. The molecule has 1 aliphatic carbocycles. The van der Waals surface area contributed by atoms with Crippen LogP contribution < -0.4 is 10.2 Å². The van der Waals surface area contributed by atoms with E-state index in [0.29, 0.717) is 12.6 Å². The molecule has 4 heteroatoms. The van der Waals surface area contributed by atoms with E-state index >= 15 is 0 Å². The molecule has 1 aromatic heterocycles. The van der Waals surface area contributed by atoms with E-state index in [2.05, 4.69) is 60.3 Å². The van der Waals surface area contributed by atoms with Crippen LogP contribution in [0.4, 0.5) is 5.69 Å². The topological polar surface area (TPSA) is 38.5 Å². The molecule has 0 bridgehead atoms. The fourth-order valence-electron chi connectivity index (χ4n) is 4.67. The molecule has 1 saturated carbocycles. The summed E-state index contributed by atoms with van der Waals surface area (Å²) in [5, 5.41) is 5.58. The van der Waals surface area contributed by atoms with Crippen LogP contribution in [0.15, 0.2) is 42.5 Å². The van der Waals surface area contributed by atoms with Gasteiger partial charge in [0.15, 0.2) is 6.54 Å². The number of rotatable bonds is 5. The SMILES string of the molecule is CCn1c2ccccc2c2cc(NC(=O)C[NH+](C)C3CCCCC3)ccc21. The molecule has 1 amide bonds. The van der Waals surface area contributed by atoms with E-state index in [1.54, 1.807) is 0 Å². The summed E-state index contributed by atoms with van der Waals surface area (Å²) in [5.74, 6) is 0.108. The van der Waals surface area contributed by atoms with E-state index in [1.165, 1.54) is 58.8 Å². The summed E-state index contributed by atoms with van der Waals surface area (Å²) in [6.07, 6.45) is 6.47. The predicted molar refractivity (Wildman–Crippen MR) is 112 cm³/mol. The van der Waals surface area contributed by atoms with Gasteiger partial charge in [-0.3, -0.25) is 4.79 Å². The van der Waals surface area contributed by atoms with E-state index in [1.807, 2.05) is 6.07 Å². The fourth-order valence-corrected chi connectivity index (χ4v) is 4.67. The Hall–Kier alpha value is -2.33. The van der Waals surface area contributed by atoms with Gasteiger partial charge in [0.05, 0.1) is 13.1 Å². The Morgan fingerprint density at radius 1 is 1.07 bits per heavy atom. The van der Waals surface area contributed by atoms with E-state index in [9.17, 15) is 4.79 Å². The molecule has 1 heterocycles. The monoisotopic (exact) mass is 364 g/mol. The first-order valence-electron chi connectivity index (χ1n) is 10.3. The lowest BCUT2D eigenvalue weighted by Gasteiger charge is -2.27. The molecule has 1 aliphatic rings. The molecule has 27 heavy (non-hydrogen) atoms. The number of aromatic nitrogens is 1. The lowest BCUT2D eigenvalue weighted by atomic mass is 9.94. The maximum Gasteiger partial charge on any atom is 0.279 e. The molecular weight excluding hydrogens is 334 g/mol. The second kappa shape index (κ2) is 7.73. The number of fused-ring (bicyclic) bond motifs is 3. The molecule has 142 valence electrons. The number of para-hydroxylation sites is 1. The highest BCUT2D eigenvalue weighted by Crippen LogP contribution is 2.30. The average molecular weight is 365 g/mol. The number of carbonyl (C=O) groups excluding carboxylic acids is 1. The number of amides is 1.